The standard InChI is InChI=1S/C12H18O/c1-11(13)7-5-6-10-12-8-3-2-4-9-12/h6,10-13H,2-4,8-9H2,1H3/b10-6+. The summed E-state index contributed by atoms with van der Waals surface area (Å²) in [5.74, 6) is 6.29. The van der Waals surface area contributed by atoms with Crippen molar-refractivity contribution in [2.45, 2.75) is 45.1 Å². The predicted molar refractivity (Wildman–Crippen MR) is 55.2 cm³/mol. The SMILES string of the molecule is CC(O)C#C/C=C/C1CCCCC1. The average molecular weight is 178 g/mol. The second-order valence-electron chi connectivity index (χ2n) is 3.72. The highest BCUT2D eigenvalue weighted by molar-refractivity contribution is 5.17. The minimum atomic E-state index is -0.504. The Kier molecular flexibility index (Phi) is 4.64. The zero-order valence-electron chi connectivity index (χ0n) is 8.29. The van der Waals surface area contributed by atoms with Gasteiger partial charge in [0.15, 0.2) is 0 Å². The van der Waals surface area contributed by atoms with Gasteiger partial charge in [-0.1, -0.05) is 37.2 Å². The van der Waals surface area contributed by atoms with Gasteiger partial charge in [0.05, 0.1) is 0 Å². The Labute approximate surface area is 80.9 Å². The number of aliphatic hydroxyl groups excluding tert-OH is 1. The first-order valence-electron chi connectivity index (χ1n) is 5.15. The average Bonchev–Trinajstić information content (AvgIpc) is 2.14. The molecule has 1 fully saturated rings. The quantitative estimate of drug-likeness (QED) is 0.612. The largest absolute Gasteiger partial charge is 0.381 e. The van der Waals surface area contributed by atoms with Crippen LogP contribution in [0.25, 0.3) is 0 Å². The van der Waals surface area contributed by atoms with E-state index >= 15 is 0 Å². The molecule has 72 valence electrons. The molecule has 1 aliphatic rings. The topological polar surface area (TPSA) is 20.2 Å². The smallest absolute Gasteiger partial charge is 0.112 e. The van der Waals surface area contributed by atoms with Gasteiger partial charge in [0.2, 0.25) is 0 Å². The van der Waals surface area contributed by atoms with E-state index in [0.717, 1.165) is 5.92 Å². The zero-order valence-corrected chi connectivity index (χ0v) is 8.29. The van der Waals surface area contributed by atoms with Crippen molar-refractivity contribution in [3.63, 3.8) is 0 Å². The molecule has 1 atom stereocenters. The molecule has 0 aromatic heterocycles. The lowest BCUT2D eigenvalue weighted by Gasteiger charge is -2.17. The minimum Gasteiger partial charge on any atom is -0.381 e. The molecule has 0 heterocycles. The maximum Gasteiger partial charge on any atom is 0.112 e. The first-order chi connectivity index (χ1) is 6.29. The fourth-order valence-corrected chi connectivity index (χ4v) is 1.68. The number of hydrogen-bond acceptors (Lipinski definition) is 1. The summed E-state index contributed by atoms with van der Waals surface area (Å²) in [6, 6.07) is 0. The van der Waals surface area contributed by atoms with Gasteiger partial charge in [-0.25, -0.2) is 0 Å². The third-order valence-electron chi connectivity index (χ3n) is 2.39. The summed E-state index contributed by atoms with van der Waals surface area (Å²) in [4.78, 5) is 0. The maximum absolute atomic E-state index is 8.88. The normalized spacial score (nSPS) is 21.1. The molecule has 0 saturated heterocycles. The van der Waals surface area contributed by atoms with Gasteiger partial charge in [-0.05, 0) is 31.8 Å². The van der Waals surface area contributed by atoms with Crippen LogP contribution < -0.4 is 0 Å². The summed E-state index contributed by atoms with van der Waals surface area (Å²) >= 11 is 0. The van der Waals surface area contributed by atoms with Crippen molar-refractivity contribution < 1.29 is 5.11 Å². The molecule has 13 heavy (non-hydrogen) atoms. The van der Waals surface area contributed by atoms with Gasteiger partial charge in [-0.2, -0.15) is 0 Å². The minimum absolute atomic E-state index is 0.504. The highest BCUT2D eigenvalue weighted by atomic mass is 16.3. The van der Waals surface area contributed by atoms with Gasteiger partial charge in [-0.15, -0.1) is 0 Å². The molecule has 1 aliphatic carbocycles. The summed E-state index contributed by atoms with van der Waals surface area (Å²) in [5.41, 5.74) is 0. The van der Waals surface area contributed by atoms with E-state index in [-0.39, 0.29) is 0 Å². The van der Waals surface area contributed by atoms with Gasteiger partial charge in [0.25, 0.3) is 0 Å². The van der Waals surface area contributed by atoms with Crippen LogP contribution in [0.5, 0.6) is 0 Å². The summed E-state index contributed by atoms with van der Waals surface area (Å²) in [7, 11) is 0. The van der Waals surface area contributed by atoms with E-state index in [0.29, 0.717) is 0 Å². The molecule has 1 N–H and O–H groups in total. The highest BCUT2D eigenvalue weighted by Gasteiger charge is 2.08. The molecule has 0 spiro atoms. The van der Waals surface area contributed by atoms with E-state index in [2.05, 4.69) is 17.9 Å². The molecule has 1 rings (SSSR count). The van der Waals surface area contributed by atoms with E-state index in [1.54, 1.807) is 6.92 Å². The molecule has 0 aromatic rings. The number of aliphatic hydroxyl groups is 1. The Morgan fingerprint density at radius 3 is 2.62 bits per heavy atom. The Morgan fingerprint density at radius 2 is 2.00 bits per heavy atom. The van der Waals surface area contributed by atoms with Crippen LogP contribution >= 0.6 is 0 Å². The fourth-order valence-electron chi connectivity index (χ4n) is 1.68. The van der Waals surface area contributed by atoms with E-state index < -0.39 is 6.10 Å². The number of hydrogen-bond donors (Lipinski definition) is 1. The molecule has 0 radical (unpaired) electrons. The summed E-state index contributed by atoms with van der Waals surface area (Å²) in [6.45, 7) is 1.68. The lowest BCUT2D eigenvalue weighted by Crippen LogP contribution is -2.02. The molecule has 0 bridgehead atoms. The molecule has 0 aliphatic heterocycles. The third kappa shape index (κ3) is 4.75. The van der Waals surface area contributed by atoms with Crippen LogP contribution in [0.15, 0.2) is 12.2 Å². The number of rotatable bonds is 1. The van der Waals surface area contributed by atoms with Crippen LogP contribution in [-0.2, 0) is 0 Å². The number of allylic oxidation sites excluding steroid dienone is 2. The van der Waals surface area contributed by atoms with Gasteiger partial charge in [0.1, 0.15) is 6.10 Å². The van der Waals surface area contributed by atoms with E-state index in [1.165, 1.54) is 32.1 Å². The first kappa shape index (κ1) is 10.3. The van der Waals surface area contributed by atoms with Crippen molar-refractivity contribution in [3.05, 3.63) is 12.2 Å². The fraction of sp³-hybridized carbons (Fsp3) is 0.667. The second kappa shape index (κ2) is 5.83. The zero-order chi connectivity index (χ0) is 9.52. The predicted octanol–water partition coefficient (Wildman–Crippen LogP) is 2.51. The summed E-state index contributed by atoms with van der Waals surface area (Å²) in [6.07, 6.45) is 10.3. The maximum atomic E-state index is 8.88. The molecule has 1 saturated carbocycles. The van der Waals surface area contributed by atoms with Crippen molar-refractivity contribution in [3.8, 4) is 11.8 Å². The Morgan fingerprint density at radius 1 is 1.31 bits per heavy atom. The van der Waals surface area contributed by atoms with Gasteiger partial charge in [-0.3, -0.25) is 0 Å². The van der Waals surface area contributed by atoms with Crippen molar-refractivity contribution in [1.82, 2.24) is 0 Å². The van der Waals surface area contributed by atoms with Crippen LogP contribution in [0.1, 0.15) is 39.0 Å². The monoisotopic (exact) mass is 178 g/mol. The molecular weight excluding hydrogens is 160 g/mol. The molecule has 0 aromatic carbocycles. The van der Waals surface area contributed by atoms with Crippen LogP contribution in [0, 0.1) is 17.8 Å². The van der Waals surface area contributed by atoms with Crippen molar-refractivity contribution in [1.29, 1.82) is 0 Å². The summed E-state index contributed by atoms with van der Waals surface area (Å²) < 4.78 is 0. The summed E-state index contributed by atoms with van der Waals surface area (Å²) in [5, 5.41) is 8.88. The van der Waals surface area contributed by atoms with Crippen LogP contribution in [0.3, 0.4) is 0 Å². The lowest BCUT2D eigenvalue weighted by atomic mass is 9.89. The Balaban J connectivity index is 2.27. The van der Waals surface area contributed by atoms with Gasteiger partial charge >= 0.3 is 0 Å². The van der Waals surface area contributed by atoms with Crippen LogP contribution in [-0.4, -0.2) is 11.2 Å². The lowest BCUT2D eigenvalue weighted by molar-refractivity contribution is 0.253. The molecular formula is C12H18O. The molecule has 1 unspecified atom stereocenters. The van der Waals surface area contributed by atoms with Crippen molar-refractivity contribution >= 4 is 0 Å². The Bertz CT molecular complexity index is 211. The van der Waals surface area contributed by atoms with Crippen LogP contribution in [0.4, 0.5) is 0 Å². The first-order valence-corrected chi connectivity index (χ1v) is 5.15. The molecule has 0 amide bonds. The van der Waals surface area contributed by atoms with Gasteiger partial charge < -0.3 is 5.11 Å². The molecule has 1 nitrogen and oxygen atoms in total. The van der Waals surface area contributed by atoms with E-state index in [4.69, 9.17) is 5.11 Å². The van der Waals surface area contributed by atoms with Crippen LogP contribution in [0.2, 0.25) is 0 Å². The van der Waals surface area contributed by atoms with Gasteiger partial charge in [0, 0.05) is 0 Å². The highest BCUT2D eigenvalue weighted by Crippen LogP contribution is 2.24. The van der Waals surface area contributed by atoms with Crippen molar-refractivity contribution in [2.75, 3.05) is 0 Å². The van der Waals surface area contributed by atoms with Crippen molar-refractivity contribution in [2.24, 2.45) is 5.92 Å². The Hall–Kier alpha value is -0.740. The second-order valence-corrected chi connectivity index (χ2v) is 3.72. The van der Waals surface area contributed by atoms with E-state index in [1.807, 2.05) is 6.08 Å². The van der Waals surface area contributed by atoms with E-state index in [9.17, 15) is 0 Å². The third-order valence-corrected chi connectivity index (χ3v) is 2.39. The molecule has 1 heteroatoms.